The average Bonchev–Trinajstić information content (AvgIpc) is 2.15. The van der Waals surface area contributed by atoms with Gasteiger partial charge in [0.15, 0.2) is 0 Å². The van der Waals surface area contributed by atoms with Gasteiger partial charge in [-0.15, -0.1) is 0 Å². The van der Waals surface area contributed by atoms with Crippen molar-refractivity contribution < 1.29 is 0 Å². The Hall–Kier alpha value is -0.500. The summed E-state index contributed by atoms with van der Waals surface area (Å²) in [5, 5.41) is 0. The zero-order valence-electron chi connectivity index (χ0n) is 5.05. The summed E-state index contributed by atoms with van der Waals surface area (Å²) in [4.78, 5) is 0. The molecular weight excluding hydrogens is 178 g/mol. The van der Waals surface area contributed by atoms with Crippen molar-refractivity contribution in [1.82, 2.24) is 4.57 Å². The van der Waals surface area contributed by atoms with E-state index in [1.165, 1.54) is 0 Å². The minimum Gasteiger partial charge on any atom is -0.349 e. The number of nitrogens with zero attached hydrogens (tertiary/aromatic N) is 1. The monoisotopic (exact) mass is 185 g/mol. The molecule has 0 fully saturated rings. The van der Waals surface area contributed by atoms with Crippen LogP contribution in [-0.2, 0) is 6.54 Å². The van der Waals surface area contributed by atoms with Gasteiger partial charge in [-0.1, -0.05) is 22.5 Å². The Morgan fingerprint density at radius 3 is 2.44 bits per heavy atom. The van der Waals surface area contributed by atoms with Crippen LogP contribution in [0.15, 0.2) is 35.6 Å². The second kappa shape index (κ2) is 2.87. The van der Waals surface area contributed by atoms with Gasteiger partial charge in [-0.2, -0.15) is 0 Å². The van der Waals surface area contributed by atoms with Gasteiger partial charge in [0.2, 0.25) is 0 Å². The van der Waals surface area contributed by atoms with Gasteiger partial charge in [-0.05, 0) is 12.1 Å². The van der Waals surface area contributed by atoms with Crippen LogP contribution in [-0.4, -0.2) is 4.57 Å². The molecule has 1 rings (SSSR count). The topological polar surface area (TPSA) is 4.93 Å². The highest BCUT2D eigenvalue weighted by Gasteiger charge is 1.87. The normalized spacial score (nSPS) is 9.44. The third-order valence-electron chi connectivity index (χ3n) is 1.02. The van der Waals surface area contributed by atoms with Gasteiger partial charge in [0.1, 0.15) is 0 Å². The molecule has 0 saturated carbocycles. The molecule has 1 aromatic rings. The van der Waals surface area contributed by atoms with Gasteiger partial charge >= 0.3 is 0 Å². The Morgan fingerprint density at radius 2 is 2.00 bits per heavy atom. The average molecular weight is 186 g/mol. The summed E-state index contributed by atoms with van der Waals surface area (Å²) < 4.78 is 3.05. The fourth-order valence-corrected chi connectivity index (χ4v) is 0.963. The summed E-state index contributed by atoms with van der Waals surface area (Å²) >= 11 is 3.28. The van der Waals surface area contributed by atoms with E-state index in [9.17, 15) is 0 Å². The Morgan fingerprint density at radius 1 is 1.44 bits per heavy atom. The maximum absolute atomic E-state index is 3.73. The van der Waals surface area contributed by atoms with Gasteiger partial charge in [-0.3, -0.25) is 0 Å². The molecule has 0 radical (unpaired) electrons. The molecule has 0 aromatic carbocycles. The van der Waals surface area contributed by atoms with Crippen molar-refractivity contribution in [2.24, 2.45) is 0 Å². The van der Waals surface area contributed by atoms with E-state index in [0.29, 0.717) is 0 Å². The summed E-state index contributed by atoms with van der Waals surface area (Å²) in [6.07, 6.45) is 4.01. The molecule has 48 valence electrons. The van der Waals surface area contributed by atoms with E-state index < -0.39 is 0 Å². The highest BCUT2D eigenvalue weighted by Crippen LogP contribution is 2.04. The maximum atomic E-state index is 3.73. The van der Waals surface area contributed by atoms with Crippen LogP contribution in [0.5, 0.6) is 0 Å². The predicted molar refractivity (Wildman–Crippen MR) is 42.5 cm³/mol. The molecule has 9 heavy (non-hydrogen) atoms. The molecule has 0 N–H and O–H groups in total. The van der Waals surface area contributed by atoms with E-state index >= 15 is 0 Å². The summed E-state index contributed by atoms with van der Waals surface area (Å²) in [6, 6.07) is 3.99. The molecule has 2 heteroatoms. The number of halogens is 1. The smallest absolute Gasteiger partial charge is 0.0529 e. The van der Waals surface area contributed by atoms with E-state index in [4.69, 9.17) is 0 Å². The first-order valence-corrected chi connectivity index (χ1v) is 3.52. The van der Waals surface area contributed by atoms with Crippen molar-refractivity contribution in [3.8, 4) is 0 Å². The molecule has 0 aliphatic carbocycles. The molecule has 1 heterocycles. The predicted octanol–water partition coefficient (Wildman–Crippen LogP) is 2.40. The SMILES string of the molecule is C=C(Br)Cn1cccc1. The molecule has 0 aliphatic rings. The lowest BCUT2D eigenvalue weighted by molar-refractivity contribution is 0.825. The number of hydrogen-bond acceptors (Lipinski definition) is 0. The standard InChI is InChI=1S/C7H8BrN/c1-7(8)6-9-4-2-3-5-9/h2-5H,1,6H2. The van der Waals surface area contributed by atoms with E-state index in [0.717, 1.165) is 11.0 Å². The molecule has 0 amide bonds. The van der Waals surface area contributed by atoms with E-state index in [1.54, 1.807) is 0 Å². The first-order chi connectivity index (χ1) is 4.29. The van der Waals surface area contributed by atoms with Crippen LogP contribution in [0.4, 0.5) is 0 Å². The highest BCUT2D eigenvalue weighted by molar-refractivity contribution is 9.11. The zero-order chi connectivity index (χ0) is 6.69. The molecule has 0 bridgehead atoms. The molecule has 0 saturated heterocycles. The summed E-state index contributed by atoms with van der Waals surface area (Å²) in [5.41, 5.74) is 0. The lowest BCUT2D eigenvalue weighted by Gasteiger charge is -1.97. The van der Waals surface area contributed by atoms with Crippen LogP contribution >= 0.6 is 15.9 Å². The largest absolute Gasteiger partial charge is 0.349 e. The first kappa shape index (κ1) is 6.62. The van der Waals surface area contributed by atoms with Gasteiger partial charge in [0, 0.05) is 16.9 Å². The molecule has 0 unspecified atom stereocenters. The first-order valence-electron chi connectivity index (χ1n) is 2.73. The Balaban J connectivity index is 2.58. The van der Waals surface area contributed by atoms with Gasteiger partial charge in [-0.25, -0.2) is 0 Å². The van der Waals surface area contributed by atoms with Crippen LogP contribution in [0.1, 0.15) is 0 Å². The van der Waals surface area contributed by atoms with Gasteiger partial charge in [0.25, 0.3) is 0 Å². The van der Waals surface area contributed by atoms with Gasteiger partial charge < -0.3 is 4.57 Å². The third-order valence-corrected chi connectivity index (χ3v) is 1.27. The van der Waals surface area contributed by atoms with Crippen molar-refractivity contribution in [1.29, 1.82) is 0 Å². The van der Waals surface area contributed by atoms with Crippen molar-refractivity contribution in [3.63, 3.8) is 0 Å². The van der Waals surface area contributed by atoms with Crippen LogP contribution < -0.4 is 0 Å². The lowest BCUT2D eigenvalue weighted by atomic mass is 10.6. The minimum absolute atomic E-state index is 0.854. The second-order valence-electron chi connectivity index (χ2n) is 1.87. The van der Waals surface area contributed by atoms with Crippen LogP contribution in [0.3, 0.4) is 0 Å². The highest BCUT2D eigenvalue weighted by atomic mass is 79.9. The van der Waals surface area contributed by atoms with Gasteiger partial charge in [0.05, 0.1) is 6.54 Å². The summed E-state index contributed by atoms with van der Waals surface area (Å²) in [5.74, 6) is 0. The maximum Gasteiger partial charge on any atom is 0.0529 e. The molecule has 1 aromatic heterocycles. The van der Waals surface area contributed by atoms with Crippen LogP contribution in [0, 0.1) is 0 Å². The lowest BCUT2D eigenvalue weighted by Crippen LogP contribution is -1.91. The van der Waals surface area contributed by atoms with Crippen molar-refractivity contribution in [2.75, 3.05) is 0 Å². The fraction of sp³-hybridized carbons (Fsp3) is 0.143. The molecular formula is C7H8BrN. The van der Waals surface area contributed by atoms with E-state index in [2.05, 4.69) is 27.1 Å². The molecule has 0 spiro atoms. The molecule has 0 atom stereocenters. The van der Waals surface area contributed by atoms with Crippen molar-refractivity contribution in [3.05, 3.63) is 35.6 Å². The third kappa shape index (κ3) is 2.06. The van der Waals surface area contributed by atoms with Crippen molar-refractivity contribution in [2.45, 2.75) is 6.54 Å². The number of hydrogen-bond donors (Lipinski definition) is 0. The van der Waals surface area contributed by atoms with Crippen molar-refractivity contribution >= 4 is 15.9 Å². The quantitative estimate of drug-likeness (QED) is 0.668. The Kier molecular flexibility index (Phi) is 2.11. The Bertz CT molecular complexity index is 189. The van der Waals surface area contributed by atoms with E-state index in [1.807, 2.05) is 24.5 Å². The molecule has 1 nitrogen and oxygen atoms in total. The van der Waals surface area contributed by atoms with Crippen LogP contribution in [0.25, 0.3) is 0 Å². The second-order valence-corrected chi connectivity index (χ2v) is 2.99. The number of aromatic nitrogens is 1. The van der Waals surface area contributed by atoms with E-state index in [-0.39, 0.29) is 0 Å². The summed E-state index contributed by atoms with van der Waals surface area (Å²) in [6.45, 7) is 4.58. The minimum atomic E-state index is 0.854. The summed E-state index contributed by atoms with van der Waals surface area (Å²) in [7, 11) is 0. The zero-order valence-corrected chi connectivity index (χ0v) is 6.63. The number of rotatable bonds is 2. The molecule has 0 aliphatic heterocycles. The van der Waals surface area contributed by atoms with Crippen LogP contribution in [0.2, 0.25) is 0 Å². The fourth-order valence-electron chi connectivity index (χ4n) is 0.674. The number of allylic oxidation sites excluding steroid dienone is 1. The Labute approximate surface area is 63.1 Å².